The number of aliphatic carboxylic acids is 1. The van der Waals surface area contributed by atoms with E-state index in [1.165, 1.54) is 39.0 Å². The molecule has 0 spiro atoms. The summed E-state index contributed by atoms with van der Waals surface area (Å²) in [5.41, 5.74) is 4.02. The van der Waals surface area contributed by atoms with Crippen molar-refractivity contribution in [1.82, 2.24) is 0 Å². The fourth-order valence-corrected chi connectivity index (χ4v) is 2.78. The molecule has 32 heavy (non-hydrogen) atoms. The van der Waals surface area contributed by atoms with Gasteiger partial charge in [-0.3, -0.25) is 14.4 Å². The summed E-state index contributed by atoms with van der Waals surface area (Å²) < 4.78 is 20.5. The van der Waals surface area contributed by atoms with Crippen molar-refractivity contribution in [3.05, 3.63) is 23.8 Å². The van der Waals surface area contributed by atoms with E-state index in [1.54, 1.807) is 13.8 Å². The molecule has 0 fully saturated rings. The molecule has 178 valence electrons. The third-order valence-corrected chi connectivity index (χ3v) is 4.62. The predicted molar refractivity (Wildman–Crippen MR) is 113 cm³/mol. The van der Waals surface area contributed by atoms with Gasteiger partial charge in [-0.1, -0.05) is 13.0 Å². The number of nitrogens with two attached hydrogens (primary N) is 1. The first kappa shape index (κ1) is 26.9. The summed E-state index contributed by atoms with van der Waals surface area (Å²) in [5.74, 6) is -2.62. The first-order valence-electron chi connectivity index (χ1n) is 10.1. The monoisotopic (exact) mass is 453 g/mol. The van der Waals surface area contributed by atoms with Gasteiger partial charge in [0.15, 0.2) is 11.5 Å². The molecule has 10 heteroatoms. The van der Waals surface area contributed by atoms with Crippen molar-refractivity contribution in [1.29, 1.82) is 0 Å². The Morgan fingerprint density at radius 1 is 1.06 bits per heavy atom. The van der Waals surface area contributed by atoms with Crippen LogP contribution in [0.4, 0.5) is 4.79 Å². The standard InChI is InChI=1S/C22H31NO9/c1-7-21(5,6)32-20(28)29-13(2)11-22(23,19(26)27)12-16-8-9-17(30-14(3)24)18(10-16)31-15(4)25/h8-10,13H,7,11-12,23H2,1-6H3,(H,26,27)/t13-,22?/m0/s1. The Kier molecular flexibility index (Phi) is 9.20. The van der Waals surface area contributed by atoms with Crippen molar-refractivity contribution >= 4 is 24.1 Å². The van der Waals surface area contributed by atoms with Crippen molar-refractivity contribution in [3.8, 4) is 11.5 Å². The summed E-state index contributed by atoms with van der Waals surface area (Å²) in [5, 5.41) is 9.74. The highest BCUT2D eigenvalue weighted by Gasteiger charge is 2.37. The van der Waals surface area contributed by atoms with E-state index in [0.29, 0.717) is 12.0 Å². The fraction of sp³-hybridized carbons (Fsp3) is 0.545. The Bertz CT molecular complexity index is 865. The number of hydrogen-bond donors (Lipinski definition) is 2. The van der Waals surface area contributed by atoms with Gasteiger partial charge in [-0.2, -0.15) is 0 Å². The van der Waals surface area contributed by atoms with Gasteiger partial charge < -0.3 is 29.8 Å². The third-order valence-electron chi connectivity index (χ3n) is 4.62. The van der Waals surface area contributed by atoms with Crippen molar-refractivity contribution in [3.63, 3.8) is 0 Å². The molecule has 1 rings (SSSR count). The summed E-state index contributed by atoms with van der Waals surface area (Å²) in [6.45, 7) is 9.18. The minimum Gasteiger partial charge on any atom is -0.480 e. The van der Waals surface area contributed by atoms with Gasteiger partial charge in [-0.05, 0) is 44.9 Å². The average Bonchev–Trinajstić information content (AvgIpc) is 2.62. The normalized spacial score (nSPS) is 14.0. The molecule has 0 heterocycles. The summed E-state index contributed by atoms with van der Waals surface area (Å²) in [6, 6.07) is 4.24. The van der Waals surface area contributed by atoms with Gasteiger partial charge in [0.05, 0.1) is 0 Å². The first-order valence-corrected chi connectivity index (χ1v) is 10.1. The van der Waals surface area contributed by atoms with Crippen LogP contribution in [0.15, 0.2) is 18.2 Å². The van der Waals surface area contributed by atoms with E-state index < -0.39 is 41.3 Å². The van der Waals surface area contributed by atoms with Crippen molar-refractivity contribution in [2.75, 3.05) is 0 Å². The molecule has 2 atom stereocenters. The number of ether oxygens (including phenoxy) is 4. The Morgan fingerprint density at radius 3 is 2.12 bits per heavy atom. The van der Waals surface area contributed by atoms with E-state index in [0.717, 1.165) is 0 Å². The second-order valence-corrected chi connectivity index (χ2v) is 8.20. The molecule has 1 unspecified atom stereocenters. The SMILES string of the molecule is CCC(C)(C)OC(=O)O[C@@H](C)CC(N)(Cc1ccc(OC(C)=O)c(OC(C)=O)c1)C(=O)O. The van der Waals surface area contributed by atoms with Crippen molar-refractivity contribution in [2.24, 2.45) is 5.73 Å². The maximum atomic E-state index is 12.0. The van der Waals surface area contributed by atoms with Gasteiger partial charge in [0.25, 0.3) is 0 Å². The molecule has 0 aromatic heterocycles. The van der Waals surface area contributed by atoms with Crippen LogP contribution in [0.1, 0.15) is 59.9 Å². The molecular weight excluding hydrogens is 422 g/mol. The van der Waals surface area contributed by atoms with Gasteiger partial charge in [-0.25, -0.2) is 4.79 Å². The molecule has 10 nitrogen and oxygen atoms in total. The Hall–Kier alpha value is -3.14. The molecule has 0 bridgehead atoms. The van der Waals surface area contributed by atoms with Crippen LogP contribution >= 0.6 is 0 Å². The molecule has 0 aliphatic heterocycles. The number of esters is 2. The number of benzene rings is 1. The number of hydrogen-bond acceptors (Lipinski definition) is 9. The van der Waals surface area contributed by atoms with Gasteiger partial charge in [0.2, 0.25) is 0 Å². The molecule has 0 aliphatic carbocycles. The molecule has 3 N–H and O–H groups in total. The van der Waals surface area contributed by atoms with E-state index in [4.69, 9.17) is 24.7 Å². The maximum absolute atomic E-state index is 12.0. The lowest BCUT2D eigenvalue weighted by Crippen LogP contribution is -2.52. The highest BCUT2D eigenvalue weighted by atomic mass is 16.7. The van der Waals surface area contributed by atoms with E-state index in [-0.39, 0.29) is 24.3 Å². The van der Waals surface area contributed by atoms with E-state index in [1.807, 2.05) is 6.92 Å². The van der Waals surface area contributed by atoms with Crippen LogP contribution < -0.4 is 15.2 Å². The summed E-state index contributed by atoms with van der Waals surface area (Å²) >= 11 is 0. The number of rotatable bonds is 10. The van der Waals surface area contributed by atoms with Crippen LogP contribution in [-0.2, 0) is 30.3 Å². The zero-order chi connectivity index (χ0) is 24.7. The van der Waals surface area contributed by atoms with E-state index >= 15 is 0 Å². The van der Waals surface area contributed by atoms with Crippen LogP contribution in [0, 0.1) is 0 Å². The lowest BCUT2D eigenvalue weighted by molar-refractivity contribution is -0.145. The Balaban J connectivity index is 3.03. The first-order chi connectivity index (χ1) is 14.7. The molecule has 1 aromatic carbocycles. The maximum Gasteiger partial charge on any atom is 0.509 e. The van der Waals surface area contributed by atoms with Crippen LogP contribution in [0.2, 0.25) is 0 Å². The number of carbonyl (C=O) groups excluding carboxylic acids is 3. The van der Waals surface area contributed by atoms with Crippen molar-refractivity contribution in [2.45, 2.75) is 78.0 Å². The predicted octanol–water partition coefficient (Wildman–Crippen LogP) is 2.98. The highest BCUT2D eigenvalue weighted by Crippen LogP contribution is 2.31. The molecule has 1 aromatic rings. The summed E-state index contributed by atoms with van der Waals surface area (Å²) in [6.07, 6.45) is -1.59. The van der Waals surface area contributed by atoms with Crippen molar-refractivity contribution < 1.29 is 43.2 Å². The van der Waals surface area contributed by atoms with Gasteiger partial charge >= 0.3 is 24.1 Å². The molecule has 0 saturated heterocycles. The quantitative estimate of drug-likeness (QED) is 0.399. The average molecular weight is 453 g/mol. The van der Waals surface area contributed by atoms with Crippen LogP contribution in [0.3, 0.4) is 0 Å². The minimum atomic E-state index is -1.81. The lowest BCUT2D eigenvalue weighted by Gasteiger charge is -2.29. The molecule has 0 amide bonds. The topological polar surface area (TPSA) is 151 Å². The summed E-state index contributed by atoms with van der Waals surface area (Å²) in [4.78, 5) is 46.6. The van der Waals surface area contributed by atoms with E-state index in [9.17, 15) is 24.3 Å². The molecule has 0 radical (unpaired) electrons. The number of carboxylic acids is 1. The fourth-order valence-electron chi connectivity index (χ4n) is 2.78. The molecule has 0 saturated carbocycles. The largest absolute Gasteiger partial charge is 0.509 e. The highest BCUT2D eigenvalue weighted by molar-refractivity contribution is 5.79. The zero-order valence-corrected chi connectivity index (χ0v) is 19.2. The second-order valence-electron chi connectivity index (χ2n) is 8.20. The van der Waals surface area contributed by atoms with Gasteiger partial charge in [0.1, 0.15) is 17.2 Å². The van der Waals surface area contributed by atoms with Crippen LogP contribution in [0.5, 0.6) is 11.5 Å². The van der Waals surface area contributed by atoms with E-state index in [2.05, 4.69) is 0 Å². The van der Waals surface area contributed by atoms with Gasteiger partial charge in [0, 0.05) is 26.7 Å². The van der Waals surface area contributed by atoms with Gasteiger partial charge in [-0.15, -0.1) is 0 Å². The van der Waals surface area contributed by atoms with Crippen LogP contribution in [0.25, 0.3) is 0 Å². The summed E-state index contributed by atoms with van der Waals surface area (Å²) in [7, 11) is 0. The Morgan fingerprint density at radius 2 is 1.62 bits per heavy atom. The smallest absolute Gasteiger partial charge is 0.480 e. The lowest BCUT2D eigenvalue weighted by atomic mass is 9.86. The zero-order valence-electron chi connectivity index (χ0n) is 19.2. The third kappa shape index (κ3) is 8.54. The Labute approximate surface area is 187 Å². The number of carbonyl (C=O) groups is 4. The molecular formula is C22H31NO9. The molecule has 0 aliphatic rings. The second kappa shape index (κ2) is 10.9. The minimum absolute atomic E-state index is 0.00684. The number of carboxylic acid groups (broad SMARTS) is 1. The van der Waals surface area contributed by atoms with Crippen LogP contribution in [-0.4, -0.2) is 46.4 Å².